The molecule has 0 saturated carbocycles. The second-order valence-corrected chi connectivity index (χ2v) is 5.11. The first-order valence-electron chi connectivity index (χ1n) is 7.13. The van der Waals surface area contributed by atoms with Gasteiger partial charge in [-0.2, -0.15) is 5.10 Å². The summed E-state index contributed by atoms with van der Waals surface area (Å²) in [6.45, 7) is 0. The molecule has 4 rings (SSSR count). The Labute approximate surface area is 127 Å². The van der Waals surface area contributed by atoms with Crippen molar-refractivity contribution in [2.45, 2.75) is 12.5 Å². The second-order valence-electron chi connectivity index (χ2n) is 5.11. The molecule has 2 heterocycles. The quantitative estimate of drug-likeness (QED) is 0.729. The minimum Gasteiger partial charge on any atom is -0.485 e. The van der Waals surface area contributed by atoms with Crippen LogP contribution in [0.4, 0.5) is 0 Å². The van der Waals surface area contributed by atoms with E-state index in [4.69, 9.17) is 4.74 Å². The Morgan fingerprint density at radius 1 is 0.955 bits per heavy atom. The summed E-state index contributed by atoms with van der Waals surface area (Å²) in [5.74, 6) is 0.856. The fourth-order valence-electron chi connectivity index (χ4n) is 2.62. The van der Waals surface area contributed by atoms with E-state index in [0.717, 1.165) is 22.6 Å². The summed E-state index contributed by atoms with van der Waals surface area (Å²) in [7, 11) is 0. The van der Waals surface area contributed by atoms with Crippen molar-refractivity contribution in [3.05, 3.63) is 78.4 Å². The molecule has 5 heteroatoms. The summed E-state index contributed by atoms with van der Waals surface area (Å²) in [4.78, 5) is 0. The van der Waals surface area contributed by atoms with Gasteiger partial charge in [0.2, 0.25) is 0 Å². The molecule has 0 fully saturated rings. The van der Waals surface area contributed by atoms with Crippen molar-refractivity contribution in [1.29, 1.82) is 0 Å². The molecule has 0 aliphatic carbocycles. The molecule has 5 nitrogen and oxygen atoms in total. The summed E-state index contributed by atoms with van der Waals surface area (Å²) < 4.78 is 7.77. The smallest absolute Gasteiger partial charge is 0.141 e. The summed E-state index contributed by atoms with van der Waals surface area (Å²) >= 11 is 0. The van der Waals surface area contributed by atoms with Crippen molar-refractivity contribution in [1.82, 2.24) is 14.9 Å². The maximum absolute atomic E-state index is 6.15. The zero-order chi connectivity index (χ0) is 14.8. The molecule has 1 atom stereocenters. The van der Waals surface area contributed by atoms with Crippen LogP contribution in [0.1, 0.15) is 23.7 Å². The maximum Gasteiger partial charge on any atom is 0.141 e. The predicted molar refractivity (Wildman–Crippen MR) is 82.8 cm³/mol. The Morgan fingerprint density at radius 3 is 2.50 bits per heavy atom. The van der Waals surface area contributed by atoms with Crippen LogP contribution in [-0.2, 0) is 0 Å². The van der Waals surface area contributed by atoms with Crippen molar-refractivity contribution in [3.8, 4) is 5.75 Å². The molecule has 0 radical (unpaired) electrons. The fourth-order valence-corrected chi connectivity index (χ4v) is 2.62. The number of ether oxygens (including phenoxy) is 1. The fraction of sp³-hybridized carbons (Fsp3) is 0.118. The van der Waals surface area contributed by atoms with Crippen LogP contribution in [0.15, 0.2) is 72.4 Å². The minimum atomic E-state index is -0.0358. The molecule has 1 aromatic heterocycles. The Hall–Kier alpha value is -2.95. The molecule has 0 N–H and O–H groups in total. The number of nitrogens with zero attached hydrogens (tertiary/aromatic N) is 4. The number of aromatic nitrogens is 3. The second kappa shape index (κ2) is 5.44. The van der Waals surface area contributed by atoms with Gasteiger partial charge in [0.25, 0.3) is 0 Å². The number of fused-ring (bicyclic) bond motifs is 1. The van der Waals surface area contributed by atoms with Gasteiger partial charge in [-0.3, -0.25) is 0 Å². The van der Waals surface area contributed by atoms with Gasteiger partial charge in [-0.1, -0.05) is 42.5 Å². The largest absolute Gasteiger partial charge is 0.485 e. The first-order chi connectivity index (χ1) is 10.9. The van der Waals surface area contributed by atoms with Crippen molar-refractivity contribution < 1.29 is 4.74 Å². The molecular formula is C17H14N4O. The third-order valence-electron chi connectivity index (χ3n) is 3.66. The van der Waals surface area contributed by atoms with E-state index in [9.17, 15) is 0 Å². The van der Waals surface area contributed by atoms with Crippen molar-refractivity contribution in [2.75, 3.05) is 0 Å². The van der Waals surface area contributed by atoms with E-state index < -0.39 is 0 Å². The summed E-state index contributed by atoms with van der Waals surface area (Å²) in [5, 5.41) is 12.2. The Kier molecular flexibility index (Phi) is 3.16. The zero-order valence-corrected chi connectivity index (χ0v) is 11.8. The number of benzene rings is 2. The topological polar surface area (TPSA) is 52.3 Å². The Bertz CT molecular complexity index is 797. The lowest BCUT2D eigenvalue weighted by atomic mass is 9.96. The third kappa shape index (κ3) is 2.37. The number of rotatable bonds is 2. The Balaban J connectivity index is 1.77. The van der Waals surface area contributed by atoms with Crippen LogP contribution in [-0.4, -0.2) is 20.6 Å². The minimum absolute atomic E-state index is 0.0358. The van der Waals surface area contributed by atoms with E-state index in [1.165, 1.54) is 0 Å². The predicted octanol–water partition coefficient (Wildman–Crippen LogP) is 3.05. The number of para-hydroxylation sites is 1. The van der Waals surface area contributed by atoms with Crippen LogP contribution in [0.2, 0.25) is 0 Å². The van der Waals surface area contributed by atoms with E-state index in [1.54, 1.807) is 17.3 Å². The van der Waals surface area contributed by atoms with E-state index in [0.29, 0.717) is 6.42 Å². The molecule has 0 amide bonds. The molecule has 0 unspecified atom stereocenters. The van der Waals surface area contributed by atoms with E-state index >= 15 is 0 Å². The highest BCUT2D eigenvalue weighted by Crippen LogP contribution is 2.35. The average Bonchev–Trinajstić information content (AvgIpc) is 3.09. The molecule has 1 aliphatic rings. The molecular weight excluding hydrogens is 276 g/mol. The van der Waals surface area contributed by atoms with E-state index in [2.05, 4.69) is 27.4 Å². The van der Waals surface area contributed by atoms with Gasteiger partial charge in [-0.05, 0) is 17.7 Å². The van der Waals surface area contributed by atoms with Crippen LogP contribution < -0.4 is 4.74 Å². The van der Waals surface area contributed by atoms with Gasteiger partial charge in [0.1, 0.15) is 24.5 Å². The van der Waals surface area contributed by atoms with E-state index in [1.807, 2.05) is 42.5 Å². The van der Waals surface area contributed by atoms with Crippen molar-refractivity contribution in [3.63, 3.8) is 0 Å². The molecule has 3 aromatic rings. The van der Waals surface area contributed by atoms with Crippen LogP contribution in [0.25, 0.3) is 0 Å². The van der Waals surface area contributed by atoms with Crippen molar-refractivity contribution >= 4 is 5.71 Å². The summed E-state index contributed by atoms with van der Waals surface area (Å²) in [5.41, 5.74) is 3.13. The summed E-state index contributed by atoms with van der Waals surface area (Å²) in [6.07, 6.45) is 3.84. The Morgan fingerprint density at radius 2 is 1.68 bits per heavy atom. The van der Waals surface area contributed by atoms with Gasteiger partial charge in [0.05, 0.1) is 5.71 Å². The molecule has 0 spiro atoms. The van der Waals surface area contributed by atoms with Gasteiger partial charge in [0.15, 0.2) is 0 Å². The van der Waals surface area contributed by atoms with Crippen LogP contribution >= 0.6 is 0 Å². The first kappa shape index (κ1) is 12.8. The monoisotopic (exact) mass is 290 g/mol. The van der Waals surface area contributed by atoms with Crippen LogP contribution in [0, 0.1) is 0 Å². The van der Waals surface area contributed by atoms with Gasteiger partial charge in [-0.25, -0.2) is 4.68 Å². The first-order valence-corrected chi connectivity index (χ1v) is 7.13. The molecule has 22 heavy (non-hydrogen) atoms. The van der Waals surface area contributed by atoms with Gasteiger partial charge in [-0.15, -0.1) is 10.2 Å². The number of hydrogen-bond donors (Lipinski definition) is 0. The third-order valence-corrected chi connectivity index (χ3v) is 3.66. The zero-order valence-electron chi connectivity index (χ0n) is 11.8. The lowest BCUT2D eigenvalue weighted by molar-refractivity contribution is 0.206. The lowest BCUT2D eigenvalue weighted by Gasteiger charge is -2.27. The van der Waals surface area contributed by atoms with Crippen molar-refractivity contribution in [2.24, 2.45) is 5.10 Å². The molecule has 2 aromatic carbocycles. The highest BCUT2D eigenvalue weighted by Gasteiger charge is 2.26. The maximum atomic E-state index is 6.15. The molecule has 1 aliphatic heterocycles. The van der Waals surface area contributed by atoms with Crippen LogP contribution in [0.5, 0.6) is 5.75 Å². The normalized spacial score (nSPS) is 18.7. The van der Waals surface area contributed by atoms with E-state index in [-0.39, 0.29) is 6.10 Å². The standard InChI is InChI=1S/C17H14N4O/c1-2-6-13(7-3-1)17-10-15(20-21-11-18-19-12-21)14-8-4-5-9-16(14)22-17/h1-9,11-12,17H,10H2/b20-15-/t17-/m0/s1. The van der Waals surface area contributed by atoms with Gasteiger partial charge < -0.3 is 4.74 Å². The van der Waals surface area contributed by atoms with Gasteiger partial charge in [0, 0.05) is 12.0 Å². The molecule has 108 valence electrons. The highest BCUT2D eigenvalue weighted by molar-refractivity contribution is 6.04. The SMILES string of the molecule is c1ccc([C@@H]2C/C(=N/n3cnnc3)c3ccccc3O2)cc1. The van der Waals surface area contributed by atoms with Gasteiger partial charge >= 0.3 is 0 Å². The van der Waals surface area contributed by atoms with Crippen LogP contribution in [0.3, 0.4) is 0 Å². The lowest BCUT2D eigenvalue weighted by Crippen LogP contribution is -2.21. The average molecular weight is 290 g/mol. The number of hydrogen-bond acceptors (Lipinski definition) is 4. The highest BCUT2D eigenvalue weighted by atomic mass is 16.5. The molecule has 0 saturated heterocycles. The summed E-state index contributed by atoms with van der Waals surface area (Å²) in [6, 6.07) is 18.2. The molecule has 0 bridgehead atoms.